The molecule has 0 unspecified atom stereocenters. The van der Waals surface area contributed by atoms with Gasteiger partial charge < -0.3 is 14.8 Å². The van der Waals surface area contributed by atoms with E-state index in [2.05, 4.69) is 10.2 Å². The molecule has 2 aliphatic heterocycles. The Morgan fingerprint density at radius 1 is 1.07 bits per heavy atom. The van der Waals surface area contributed by atoms with Gasteiger partial charge in [0.2, 0.25) is 5.91 Å². The first-order valence-electron chi connectivity index (χ1n) is 10.1. The van der Waals surface area contributed by atoms with Crippen LogP contribution in [-0.4, -0.2) is 49.8 Å². The van der Waals surface area contributed by atoms with Crippen molar-refractivity contribution in [2.24, 2.45) is 0 Å². The number of hydrogen-bond acceptors (Lipinski definition) is 4. The van der Waals surface area contributed by atoms with Crippen LogP contribution in [0.5, 0.6) is 5.75 Å². The van der Waals surface area contributed by atoms with E-state index >= 15 is 0 Å². The number of para-hydroxylation sites is 1. The predicted molar refractivity (Wildman–Crippen MR) is 111 cm³/mol. The fraction of sp³-hybridized carbons (Fsp3) is 0.435. The minimum atomic E-state index is -0.0491. The number of rotatable bonds is 5. The third-order valence-electron chi connectivity index (χ3n) is 5.84. The molecule has 1 N–H and O–H groups in total. The normalized spacial score (nSPS) is 20.8. The minimum absolute atomic E-state index is 0.0491. The van der Waals surface area contributed by atoms with Crippen LogP contribution in [-0.2, 0) is 9.53 Å². The number of ether oxygens (including phenoxy) is 2. The first-order valence-corrected chi connectivity index (χ1v) is 10.1. The lowest BCUT2D eigenvalue weighted by Gasteiger charge is -2.34. The van der Waals surface area contributed by atoms with Crippen molar-refractivity contribution in [2.75, 3.05) is 32.2 Å². The van der Waals surface area contributed by atoms with E-state index in [9.17, 15) is 4.79 Å². The summed E-state index contributed by atoms with van der Waals surface area (Å²) < 4.78 is 10.7. The van der Waals surface area contributed by atoms with Crippen molar-refractivity contribution in [3.8, 4) is 16.9 Å². The highest BCUT2D eigenvalue weighted by Crippen LogP contribution is 2.31. The molecule has 148 valence electrons. The van der Waals surface area contributed by atoms with Gasteiger partial charge in [0.1, 0.15) is 5.75 Å². The largest absolute Gasteiger partial charge is 0.497 e. The molecule has 0 aromatic heterocycles. The van der Waals surface area contributed by atoms with Gasteiger partial charge >= 0.3 is 0 Å². The topological polar surface area (TPSA) is 50.8 Å². The number of likely N-dealkylation sites (tertiary alicyclic amines) is 1. The number of methoxy groups -OCH3 is 1. The van der Waals surface area contributed by atoms with Crippen LogP contribution >= 0.6 is 0 Å². The van der Waals surface area contributed by atoms with E-state index < -0.39 is 0 Å². The van der Waals surface area contributed by atoms with E-state index in [-0.39, 0.29) is 11.9 Å². The molecule has 1 atom stereocenters. The van der Waals surface area contributed by atoms with E-state index in [0.717, 1.165) is 68.0 Å². The summed E-state index contributed by atoms with van der Waals surface area (Å²) >= 11 is 0. The number of anilines is 1. The quantitative estimate of drug-likeness (QED) is 0.854. The molecule has 2 aromatic rings. The molecule has 1 amide bonds. The molecule has 5 nitrogen and oxygen atoms in total. The zero-order valence-corrected chi connectivity index (χ0v) is 16.4. The van der Waals surface area contributed by atoms with Gasteiger partial charge in [-0.2, -0.15) is 0 Å². The standard InChI is InChI=1S/C23H28N2O3/c1-27-19-10-8-17(9-11-19)20-5-2-3-6-21(20)24-23(26)22-7-4-14-25(22)18-12-15-28-16-13-18/h2-3,5-6,8-11,18,22H,4,7,12-16H2,1H3,(H,24,26)/t22-/m0/s1. The van der Waals surface area contributed by atoms with Crippen molar-refractivity contribution < 1.29 is 14.3 Å². The Kier molecular flexibility index (Phi) is 5.93. The molecule has 2 fully saturated rings. The smallest absolute Gasteiger partial charge is 0.241 e. The Morgan fingerprint density at radius 2 is 1.82 bits per heavy atom. The SMILES string of the molecule is COc1ccc(-c2ccccc2NC(=O)[C@@H]2CCCN2C2CCOCC2)cc1. The van der Waals surface area contributed by atoms with Gasteiger partial charge in [-0.3, -0.25) is 9.69 Å². The number of benzene rings is 2. The van der Waals surface area contributed by atoms with Crippen molar-refractivity contribution in [1.29, 1.82) is 0 Å². The maximum atomic E-state index is 13.1. The lowest BCUT2D eigenvalue weighted by Crippen LogP contribution is -2.47. The second-order valence-corrected chi connectivity index (χ2v) is 7.50. The zero-order valence-electron chi connectivity index (χ0n) is 16.4. The summed E-state index contributed by atoms with van der Waals surface area (Å²) in [5.41, 5.74) is 2.94. The second-order valence-electron chi connectivity index (χ2n) is 7.50. The number of nitrogens with zero attached hydrogens (tertiary/aromatic N) is 1. The van der Waals surface area contributed by atoms with E-state index in [0.29, 0.717) is 6.04 Å². The zero-order chi connectivity index (χ0) is 19.3. The summed E-state index contributed by atoms with van der Waals surface area (Å²) in [6.45, 7) is 2.61. The van der Waals surface area contributed by atoms with Crippen molar-refractivity contribution in [3.05, 3.63) is 48.5 Å². The number of hydrogen-bond donors (Lipinski definition) is 1. The minimum Gasteiger partial charge on any atom is -0.497 e. The fourth-order valence-electron chi connectivity index (χ4n) is 4.35. The maximum absolute atomic E-state index is 13.1. The first-order chi connectivity index (χ1) is 13.8. The Balaban J connectivity index is 1.51. The van der Waals surface area contributed by atoms with Crippen molar-refractivity contribution in [3.63, 3.8) is 0 Å². The van der Waals surface area contributed by atoms with Crippen LogP contribution in [0.25, 0.3) is 11.1 Å². The van der Waals surface area contributed by atoms with Gasteiger partial charge in [0.25, 0.3) is 0 Å². The molecule has 2 heterocycles. The summed E-state index contributed by atoms with van der Waals surface area (Å²) in [7, 11) is 1.66. The van der Waals surface area contributed by atoms with Gasteiger partial charge in [0.05, 0.1) is 13.2 Å². The van der Waals surface area contributed by atoms with Gasteiger partial charge in [-0.25, -0.2) is 0 Å². The van der Waals surface area contributed by atoms with E-state index in [4.69, 9.17) is 9.47 Å². The average molecular weight is 380 g/mol. The Bertz CT molecular complexity index is 800. The number of carbonyl (C=O) groups is 1. The molecule has 2 aromatic carbocycles. The van der Waals surface area contributed by atoms with Gasteiger partial charge in [-0.1, -0.05) is 30.3 Å². The van der Waals surface area contributed by atoms with Crippen LogP contribution < -0.4 is 10.1 Å². The lowest BCUT2D eigenvalue weighted by atomic mass is 10.0. The number of nitrogens with one attached hydrogen (secondary N) is 1. The van der Waals surface area contributed by atoms with Crippen LogP contribution in [0.15, 0.2) is 48.5 Å². The number of amides is 1. The van der Waals surface area contributed by atoms with E-state index in [1.165, 1.54) is 0 Å². The van der Waals surface area contributed by atoms with Crippen LogP contribution in [0.1, 0.15) is 25.7 Å². The fourth-order valence-corrected chi connectivity index (χ4v) is 4.35. The van der Waals surface area contributed by atoms with Crippen LogP contribution in [0.3, 0.4) is 0 Å². The van der Waals surface area contributed by atoms with Gasteiger partial charge in [0.15, 0.2) is 0 Å². The molecule has 5 heteroatoms. The molecule has 0 saturated carbocycles. The van der Waals surface area contributed by atoms with Gasteiger partial charge in [-0.05, 0) is 56.0 Å². The number of carbonyl (C=O) groups excluding carboxylic acids is 1. The van der Waals surface area contributed by atoms with E-state index in [1.54, 1.807) is 7.11 Å². The van der Waals surface area contributed by atoms with E-state index in [1.807, 2.05) is 48.5 Å². The summed E-state index contributed by atoms with van der Waals surface area (Å²) in [6, 6.07) is 16.3. The van der Waals surface area contributed by atoms with Crippen molar-refractivity contribution in [1.82, 2.24) is 4.90 Å². The summed E-state index contributed by atoms with van der Waals surface area (Å²) in [6.07, 6.45) is 4.04. The Hall–Kier alpha value is -2.37. The monoisotopic (exact) mass is 380 g/mol. The lowest BCUT2D eigenvalue weighted by molar-refractivity contribution is -0.121. The van der Waals surface area contributed by atoms with Gasteiger partial charge in [0, 0.05) is 30.5 Å². The van der Waals surface area contributed by atoms with Crippen LogP contribution in [0, 0.1) is 0 Å². The van der Waals surface area contributed by atoms with Gasteiger partial charge in [-0.15, -0.1) is 0 Å². The molecule has 0 radical (unpaired) electrons. The highest BCUT2D eigenvalue weighted by molar-refractivity contribution is 5.98. The molecule has 0 bridgehead atoms. The van der Waals surface area contributed by atoms with Crippen LogP contribution in [0.2, 0.25) is 0 Å². The maximum Gasteiger partial charge on any atom is 0.241 e. The first kappa shape index (κ1) is 19.0. The Labute approximate surface area is 166 Å². The average Bonchev–Trinajstić information content (AvgIpc) is 3.25. The third kappa shape index (κ3) is 4.05. The molecular weight excluding hydrogens is 352 g/mol. The van der Waals surface area contributed by atoms with Crippen molar-refractivity contribution in [2.45, 2.75) is 37.8 Å². The second kappa shape index (κ2) is 8.76. The molecule has 4 rings (SSSR count). The molecule has 28 heavy (non-hydrogen) atoms. The molecule has 2 saturated heterocycles. The summed E-state index contributed by atoms with van der Waals surface area (Å²) in [5.74, 6) is 0.924. The molecular formula is C23H28N2O3. The highest BCUT2D eigenvalue weighted by Gasteiger charge is 2.36. The summed E-state index contributed by atoms with van der Waals surface area (Å²) in [4.78, 5) is 15.5. The Morgan fingerprint density at radius 3 is 2.57 bits per heavy atom. The molecule has 0 aliphatic carbocycles. The van der Waals surface area contributed by atoms with Crippen LogP contribution in [0.4, 0.5) is 5.69 Å². The summed E-state index contributed by atoms with van der Waals surface area (Å²) in [5, 5.41) is 3.21. The van der Waals surface area contributed by atoms with Crippen molar-refractivity contribution >= 4 is 11.6 Å². The highest BCUT2D eigenvalue weighted by atomic mass is 16.5. The predicted octanol–water partition coefficient (Wildman–Crippen LogP) is 3.94. The molecule has 2 aliphatic rings. The molecule has 0 spiro atoms. The third-order valence-corrected chi connectivity index (χ3v) is 5.84.